The maximum Gasteiger partial charge on any atom is 0.343 e. The standard InChI is InChI=1S/C30H14N4O8S2/c35-23-19-7-1-15(13-21(19)25(37)33(23)29-31-9-11-43-29)27(39)41-17-3-5-18(6-4-17)42-28(40)16-2-8-20-22(14-16)26(38)34(24(20)36)30-32-10-12-44-30/h1-14H. The first-order chi connectivity index (χ1) is 21.3. The molecule has 44 heavy (non-hydrogen) atoms. The smallest absolute Gasteiger partial charge is 0.343 e. The number of rotatable bonds is 6. The molecule has 4 amide bonds. The van der Waals surface area contributed by atoms with E-state index >= 15 is 0 Å². The molecule has 0 unspecified atom stereocenters. The van der Waals surface area contributed by atoms with Gasteiger partial charge in [-0.25, -0.2) is 29.4 Å². The number of amides is 4. The average molecular weight is 623 g/mol. The minimum atomic E-state index is -0.769. The first kappa shape index (κ1) is 27.0. The summed E-state index contributed by atoms with van der Waals surface area (Å²) in [4.78, 5) is 86.7. The van der Waals surface area contributed by atoms with Crippen LogP contribution in [0.1, 0.15) is 62.1 Å². The minimum absolute atomic E-state index is 0.0551. The topological polar surface area (TPSA) is 153 Å². The van der Waals surface area contributed by atoms with Gasteiger partial charge in [-0.2, -0.15) is 0 Å². The summed E-state index contributed by atoms with van der Waals surface area (Å²) in [7, 11) is 0. The first-order valence-corrected chi connectivity index (χ1v) is 14.4. The Labute approximate surface area is 254 Å². The van der Waals surface area contributed by atoms with E-state index in [4.69, 9.17) is 9.47 Å². The highest BCUT2D eigenvalue weighted by Gasteiger charge is 2.39. The van der Waals surface area contributed by atoms with Crippen LogP contribution in [0.5, 0.6) is 11.5 Å². The fourth-order valence-electron chi connectivity index (χ4n) is 4.64. The monoisotopic (exact) mass is 622 g/mol. The van der Waals surface area contributed by atoms with Crippen molar-refractivity contribution in [2.45, 2.75) is 0 Å². The fourth-order valence-corrected chi connectivity index (χ4v) is 5.92. The summed E-state index contributed by atoms with van der Waals surface area (Å²) >= 11 is 2.28. The number of thiazole rings is 2. The lowest BCUT2D eigenvalue weighted by Crippen LogP contribution is -2.29. The van der Waals surface area contributed by atoms with Gasteiger partial charge in [0.2, 0.25) is 0 Å². The third-order valence-electron chi connectivity index (χ3n) is 6.71. The Morgan fingerprint density at radius 3 is 1.30 bits per heavy atom. The van der Waals surface area contributed by atoms with Gasteiger partial charge in [-0.1, -0.05) is 0 Å². The molecule has 0 N–H and O–H groups in total. The van der Waals surface area contributed by atoms with Crippen molar-refractivity contribution >= 4 is 68.5 Å². The molecule has 2 aromatic heterocycles. The maximum absolute atomic E-state index is 12.9. The van der Waals surface area contributed by atoms with E-state index in [-0.39, 0.29) is 55.1 Å². The van der Waals surface area contributed by atoms with Crippen LogP contribution in [0.15, 0.2) is 83.8 Å². The molecular formula is C30H14N4O8S2. The van der Waals surface area contributed by atoms with Crippen LogP contribution in [-0.4, -0.2) is 45.5 Å². The van der Waals surface area contributed by atoms with Crippen molar-refractivity contribution in [3.05, 3.63) is 117 Å². The number of benzene rings is 3. The molecule has 3 aromatic carbocycles. The van der Waals surface area contributed by atoms with Crippen LogP contribution >= 0.6 is 22.7 Å². The number of fused-ring (bicyclic) bond motifs is 2. The summed E-state index contributed by atoms with van der Waals surface area (Å²) in [5, 5.41) is 3.76. The third-order valence-corrected chi connectivity index (χ3v) is 8.22. The molecule has 0 saturated heterocycles. The average Bonchev–Trinajstić information content (AvgIpc) is 3.83. The van der Waals surface area contributed by atoms with Gasteiger partial charge in [0.05, 0.1) is 33.4 Å². The zero-order valence-corrected chi connectivity index (χ0v) is 23.6. The zero-order valence-electron chi connectivity index (χ0n) is 22.0. The highest BCUT2D eigenvalue weighted by molar-refractivity contribution is 7.14. The molecule has 0 radical (unpaired) electrons. The molecule has 4 heterocycles. The number of aromatic nitrogens is 2. The second kappa shape index (κ2) is 10.4. The summed E-state index contributed by atoms with van der Waals surface area (Å²) in [6.45, 7) is 0. The molecule has 0 aliphatic carbocycles. The van der Waals surface area contributed by atoms with Crippen molar-refractivity contribution in [2.75, 3.05) is 9.80 Å². The van der Waals surface area contributed by atoms with Crippen molar-refractivity contribution < 1.29 is 38.2 Å². The van der Waals surface area contributed by atoms with Gasteiger partial charge < -0.3 is 9.47 Å². The van der Waals surface area contributed by atoms with Gasteiger partial charge >= 0.3 is 11.9 Å². The maximum atomic E-state index is 12.9. The normalized spacial score (nSPS) is 13.7. The predicted octanol–water partition coefficient (Wildman–Crippen LogP) is 4.64. The summed E-state index contributed by atoms with van der Waals surface area (Å²) in [6.07, 6.45) is 2.96. The lowest BCUT2D eigenvalue weighted by atomic mass is 10.1. The number of imide groups is 2. The highest BCUT2D eigenvalue weighted by Crippen LogP contribution is 2.32. The van der Waals surface area contributed by atoms with Crippen LogP contribution in [0, 0.1) is 0 Å². The van der Waals surface area contributed by atoms with Gasteiger partial charge in [-0.15, -0.1) is 22.7 Å². The van der Waals surface area contributed by atoms with Gasteiger partial charge in [0.25, 0.3) is 23.6 Å². The molecule has 14 heteroatoms. The van der Waals surface area contributed by atoms with Crippen molar-refractivity contribution in [1.29, 1.82) is 0 Å². The first-order valence-electron chi connectivity index (χ1n) is 12.7. The molecule has 214 valence electrons. The van der Waals surface area contributed by atoms with Crippen LogP contribution in [0.3, 0.4) is 0 Å². The SMILES string of the molecule is O=C(Oc1ccc(OC(=O)c2ccc3c(c2)C(=O)N(c2nccs2)C3=O)cc1)c1ccc2c(c1)C(=O)N(c1nccs1)C2=O. The Kier molecular flexibility index (Phi) is 6.41. The number of nitrogens with zero attached hydrogens (tertiary/aromatic N) is 4. The number of hydrogen-bond donors (Lipinski definition) is 0. The summed E-state index contributed by atoms with van der Waals surface area (Å²) in [6, 6.07) is 13.8. The molecule has 0 bridgehead atoms. The fraction of sp³-hybridized carbons (Fsp3) is 0. The van der Waals surface area contributed by atoms with E-state index in [9.17, 15) is 28.8 Å². The Morgan fingerprint density at radius 2 is 0.932 bits per heavy atom. The lowest BCUT2D eigenvalue weighted by molar-refractivity contribution is 0.0719. The summed E-state index contributed by atoms with van der Waals surface area (Å²) in [5.74, 6) is -3.50. The zero-order chi connectivity index (χ0) is 30.5. The van der Waals surface area contributed by atoms with Crippen molar-refractivity contribution in [3.63, 3.8) is 0 Å². The lowest BCUT2D eigenvalue weighted by Gasteiger charge is -2.08. The van der Waals surface area contributed by atoms with Crippen LogP contribution in [0.25, 0.3) is 0 Å². The molecule has 2 aliphatic rings. The Morgan fingerprint density at radius 1 is 0.545 bits per heavy atom. The molecule has 7 rings (SSSR count). The van der Waals surface area contributed by atoms with Crippen molar-refractivity contribution in [3.8, 4) is 11.5 Å². The largest absolute Gasteiger partial charge is 0.423 e. The molecule has 0 fully saturated rings. The molecule has 5 aromatic rings. The summed E-state index contributed by atoms with van der Waals surface area (Å²) < 4.78 is 10.8. The Balaban J connectivity index is 1.02. The number of esters is 2. The number of ether oxygens (including phenoxy) is 2. The molecular weight excluding hydrogens is 608 g/mol. The van der Waals surface area contributed by atoms with Crippen molar-refractivity contribution in [1.82, 2.24) is 9.97 Å². The molecule has 0 spiro atoms. The van der Waals surface area contributed by atoms with E-state index in [0.29, 0.717) is 0 Å². The van der Waals surface area contributed by atoms with Crippen LogP contribution < -0.4 is 19.3 Å². The third kappa shape index (κ3) is 4.45. The van der Waals surface area contributed by atoms with Gasteiger partial charge in [-0.3, -0.25) is 19.2 Å². The van der Waals surface area contributed by atoms with Gasteiger partial charge in [-0.05, 0) is 60.7 Å². The second-order valence-corrected chi connectivity index (χ2v) is 11.0. The number of anilines is 2. The van der Waals surface area contributed by atoms with Gasteiger partial charge in [0, 0.05) is 23.2 Å². The van der Waals surface area contributed by atoms with Gasteiger partial charge in [0.1, 0.15) is 11.5 Å². The van der Waals surface area contributed by atoms with Gasteiger partial charge in [0.15, 0.2) is 10.3 Å². The number of carbonyl (C=O) groups is 6. The molecule has 0 saturated carbocycles. The quantitative estimate of drug-likeness (QED) is 0.149. The van der Waals surface area contributed by atoms with Crippen LogP contribution in [0.2, 0.25) is 0 Å². The molecule has 2 aliphatic heterocycles. The van der Waals surface area contributed by atoms with Crippen molar-refractivity contribution in [2.24, 2.45) is 0 Å². The summed E-state index contributed by atoms with van der Waals surface area (Å²) in [5.41, 5.74) is 0.554. The molecule has 0 atom stereocenters. The highest BCUT2D eigenvalue weighted by atomic mass is 32.1. The molecule has 12 nitrogen and oxygen atoms in total. The van der Waals surface area contributed by atoms with E-state index in [1.54, 1.807) is 10.8 Å². The minimum Gasteiger partial charge on any atom is -0.423 e. The number of carbonyl (C=O) groups excluding carboxylic acids is 6. The van der Waals surface area contributed by atoms with E-state index in [1.165, 1.54) is 73.1 Å². The van der Waals surface area contributed by atoms with E-state index in [1.807, 2.05) is 0 Å². The van der Waals surface area contributed by atoms with E-state index < -0.39 is 35.6 Å². The second-order valence-electron chi connectivity index (χ2n) is 9.29. The Bertz CT molecular complexity index is 1890. The van der Waals surface area contributed by atoms with Crippen LogP contribution in [-0.2, 0) is 0 Å². The van der Waals surface area contributed by atoms with E-state index in [0.717, 1.165) is 32.5 Å². The van der Waals surface area contributed by atoms with E-state index in [2.05, 4.69) is 9.97 Å². The Hall–Kier alpha value is -5.86. The predicted molar refractivity (Wildman–Crippen MR) is 156 cm³/mol. The van der Waals surface area contributed by atoms with Crippen LogP contribution in [0.4, 0.5) is 10.3 Å². The number of hydrogen-bond acceptors (Lipinski definition) is 12.